The lowest BCUT2D eigenvalue weighted by molar-refractivity contribution is 0.124. The van der Waals surface area contributed by atoms with Crippen molar-refractivity contribution in [1.82, 2.24) is 4.90 Å². The molecule has 2 aliphatic rings. The zero-order chi connectivity index (χ0) is 22.7. The van der Waals surface area contributed by atoms with E-state index in [-0.39, 0.29) is 11.9 Å². The molecule has 2 N–H and O–H groups in total. The van der Waals surface area contributed by atoms with E-state index < -0.39 is 7.12 Å². The molecule has 32 heavy (non-hydrogen) atoms. The van der Waals surface area contributed by atoms with Crippen molar-refractivity contribution in [2.75, 3.05) is 31.6 Å². The fourth-order valence-corrected chi connectivity index (χ4v) is 4.24. The largest absolute Gasteiger partial charge is 0.636 e. The van der Waals surface area contributed by atoms with Crippen molar-refractivity contribution in [3.05, 3.63) is 77.9 Å². The lowest BCUT2D eigenvalue weighted by atomic mass is 9.79. The number of aliphatic hydroxyl groups excluding tert-OH is 2. The predicted molar refractivity (Wildman–Crippen MR) is 125 cm³/mol. The Labute approximate surface area is 189 Å². The maximum absolute atomic E-state index is 9.88. The van der Waals surface area contributed by atoms with E-state index in [0.29, 0.717) is 18.0 Å². The van der Waals surface area contributed by atoms with Gasteiger partial charge in [-0.05, 0) is 43.5 Å². The highest BCUT2D eigenvalue weighted by atomic mass is 16.7. The van der Waals surface area contributed by atoms with E-state index >= 15 is 0 Å². The molecule has 2 aromatic carbocycles. The Morgan fingerprint density at radius 2 is 1.62 bits per heavy atom. The number of rotatable bonds is 5. The Kier molecular flexibility index (Phi) is 6.39. The van der Waals surface area contributed by atoms with E-state index in [1.807, 2.05) is 12.1 Å². The van der Waals surface area contributed by atoms with Crippen LogP contribution < -0.4 is 15.1 Å². The number of aryl methyl sites for hydroxylation is 2. The average Bonchev–Trinajstić information content (AvgIpc) is 3.19. The summed E-state index contributed by atoms with van der Waals surface area (Å²) < 4.78 is 16.8. The third kappa shape index (κ3) is 5.07. The van der Waals surface area contributed by atoms with Gasteiger partial charge in [0.15, 0.2) is 0 Å². The van der Waals surface area contributed by atoms with Crippen molar-refractivity contribution >= 4 is 18.3 Å². The molecule has 1 fully saturated rings. The van der Waals surface area contributed by atoms with E-state index in [0.717, 1.165) is 25.3 Å². The third-order valence-electron chi connectivity index (χ3n) is 5.76. The van der Waals surface area contributed by atoms with Crippen LogP contribution in [0, 0.1) is 19.8 Å². The van der Waals surface area contributed by atoms with Gasteiger partial charge in [-0.1, -0.05) is 30.3 Å². The molecule has 2 aromatic rings. The van der Waals surface area contributed by atoms with Crippen molar-refractivity contribution in [3.8, 4) is 5.75 Å². The highest BCUT2D eigenvalue weighted by molar-refractivity contribution is 6.61. The number of benzene rings is 2. The number of hydrogen-bond donors (Lipinski definition) is 2. The molecule has 2 heterocycles. The van der Waals surface area contributed by atoms with Crippen molar-refractivity contribution in [1.29, 1.82) is 0 Å². The zero-order valence-electron chi connectivity index (χ0n) is 18.7. The molecule has 168 valence electrons. The van der Waals surface area contributed by atoms with Crippen LogP contribution in [0.4, 0.5) is 5.69 Å². The number of aliphatic hydroxyl groups is 2. The summed E-state index contributed by atoms with van der Waals surface area (Å²) in [4.78, 5) is 3.89. The van der Waals surface area contributed by atoms with Crippen molar-refractivity contribution in [2.45, 2.75) is 20.3 Å². The molecule has 0 amide bonds. The SMILES string of the molecule is Cc1cccc(C)c1N1CCC(COc2ccc(B3OC(O)=CN(C)/C=C(/O)O3)cc2)C1. The van der Waals surface area contributed by atoms with Crippen molar-refractivity contribution < 1.29 is 24.3 Å². The summed E-state index contributed by atoms with van der Waals surface area (Å²) in [6.07, 6.45) is 3.78. The van der Waals surface area contributed by atoms with E-state index in [4.69, 9.17) is 14.0 Å². The Morgan fingerprint density at radius 3 is 2.25 bits per heavy atom. The number of hydrogen-bond acceptors (Lipinski definition) is 7. The molecule has 8 heteroatoms. The summed E-state index contributed by atoms with van der Waals surface area (Å²) in [7, 11) is 0.670. The second kappa shape index (κ2) is 9.38. The zero-order valence-corrected chi connectivity index (χ0v) is 18.7. The first-order chi connectivity index (χ1) is 15.4. The van der Waals surface area contributed by atoms with Crippen LogP contribution in [0.25, 0.3) is 0 Å². The summed E-state index contributed by atoms with van der Waals surface area (Å²) in [5, 5.41) is 19.8. The molecule has 7 nitrogen and oxygen atoms in total. The molecular weight excluding hydrogens is 407 g/mol. The molecule has 2 aliphatic heterocycles. The van der Waals surface area contributed by atoms with Gasteiger partial charge in [-0.3, -0.25) is 0 Å². The topological polar surface area (TPSA) is 74.6 Å². The highest BCUT2D eigenvalue weighted by Gasteiger charge is 2.30. The summed E-state index contributed by atoms with van der Waals surface area (Å²) >= 11 is 0. The minimum atomic E-state index is -0.967. The Balaban J connectivity index is 1.34. The van der Waals surface area contributed by atoms with Crippen molar-refractivity contribution in [3.63, 3.8) is 0 Å². The quantitative estimate of drug-likeness (QED) is 0.694. The number of ether oxygens (including phenoxy) is 1. The standard InChI is InChI=1S/C24H29BN2O5/c1-17-5-4-6-18(2)24(17)27-12-11-19(13-27)16-30-21-9-7-20(8-10-21)25-31-22(28)14-26(3)15-23(29)32-25/h4-10,14-15,19,28-29H,11-13,16H2,1-3H3/b22-14-,23-15?. The Hall–Kier alpha value is -3.42. The fraction of sp³-hybridized carbons (Fsp3) is 0.333. The van der Waals surface area contributed by atoms with Crippen LogP contribution in [-0.4, -0.2) is 49.0 Å². The average molecular weight is 436 g/mol. The minimum absolute atomic E-state index is 0.309. The van der Waals surface area contributed by atoms with Crippen molar-refractivity contribution in [2.24, 2.45) is 5.92 Å². The van der Waals surface area contributed by atoms with Crippen LogP contribution in [0.15, 0.2) is 66.8 Å². The molecular formula is C24H29BN2O5. The second-order valence-corrected chi connectivity index (χ2v) is 8.39. The van der Waals surface area contributed by atoms with Gasteiger partial charge in [-0.2, -0.15) is 0 Å². The summed E-state index contributed by atoms with van der Waals surface area (Å²) in [6, 6.07) is 13.7. The second-order valence-electron chi connectivity index (χ2n) is 8.39. The van der Waals surface area contributed by atoms with Crippen LogP contribution >= 0.6 is 0 Å². The first-order valence-electron chi connectivity index (χ1n) is 10.8. The predicted octanol–water partition coefficient (Wildman–Crippen LogP) is 3.60. The number of anilines is 1. The van der Waals surface area contributed by atoms with Gasteiger partial charge in [0.05, 0.1) is 19.0 Å². The number of nitrogens with zero attached hydrogens (tertiary/aromatic N) is 2. The van der Waals surface area contributed by atoms with E-state index in [1.165, 1.54) is 34.1 Å². The van der Waals surface area contributed by atoms with Crippen LogP contribution in [0.3, 0.4) is 0 Å². The molecule has 1 unspecified atom stereocenters. The van der Waals surface area contributed by atoms with Gasteiger partial charge in [-0.15, -0.1) is 0 Å². The van der Waals surface area contributed by atoms with Gasteiger partial charge < -0.3 is 34.1 Å². The van der Waals surface area contributed by atoms with Crippen LogP contribution in [0.5, 0.6) is 5.75 Å². The Morgan fingerprint density at radius 1 is 1.00 bits per heavy atom. The van der Waals surface area contributed by atoms with Crippen LogP contribution in [-0.2, 0) is 9.31 Å². The molecule has 0 aromatic heterocycles. The van der Waals surface area contributed by atoms with Gasteiger partial charge in [0.2, 0.25) is 0 Å². The van der Waals surface area contributed by atoms with E-state index in [9.17, 15) is 10.2 Å². The first-order valence-corrected chi connectivity index (χ1v) is 10.8. The summed E-state index contributed by atoms with van der Waals surface area (Å²) in [5.41, 5.74) is 4.62. The monoisotopic (exact) mass is 436 g/mol. The molecule has 0 radical (unpaired) electrons. The minimum Gasteiger partial charge on any atom is -0.494 e. The van der Waals surface area contributed by atoms with Gasteiger partial charge in [0.25, 0.3) is 11.9 Å². The van der Waals surface area contributed by atoms with Crippen LogP contribution in [0.2, 0.25) is 0 Å². The third-order valence-corrected chi connectivity index (χ3v) is 5.76. The van der Waals surface area contributed by atoms with E-state index in [1.54, 1.807) is 19.2 Å². The normalized spacial score (nSPS) is 20.5. The summed E-state index contributed by atoms with van der Waals surface area (Å²) in [5.74, 6) is 0.601. The van der Waals surface area contributed by atoms with Gasteiger partial charge >= 0.3 is 7.12 Å². The molecule has 0 aliphatic carbocycles. The fourth-order valence-electron chi connectivity index (χ4n) is 4.24. The highest BCUT2D eigenvalue weighted by Crippen LogP contribution is 2.30. The number of para-hydroxylation sites is 1. The molecule has 0 bridgehead atoms. The maximum atomic E-state index is 9.88. The maximum Gasteiger partial charge on any atom is 0.636 e. The van der Waals surface area contributed by atoms with Gasteiger partial charge in [0, 0.05) is 37.2 Å². The van der Waals surface area contributed by atoms with Gasteiger partial charge in [0.1, 0.15) is 5.75 Å². The smallest absolute Gasteiger partial charge is 0.494 e. The van der Waals surface area contributed by atoms with E-state index in [2.05, 4.69) is 36.9 Å². The first kappa shape index (κ1) is 21.8. The molecule has 1 saturated heterocycles. The Bertz CT molecular complexity index is 966. The molecule has 4 rings (SSSR count). The lowest BCUT2D eigenvalue weighted by Crippen LogP contribution is -2.37. The lowest BCUT2D eigenvalue weighted by Gasteiger charge is -2.23. The van der Waals surface area contributed by atoms with Crippen LogP contribution in [0.1, 0.15) is 17.5 Å². The molecule has 1 atom stereocenters. The molecule has 0 saturated carbocycles. The van der Waals surface area contributed by atoms with Gasteiger partial charge in [-0.25, -0.2) is 0 Å². The molecule has 0 spiro atoms. The summed E-state index contributed by atoms with van der Waals surface area (Å²) in [6.45, 7) is 7.01.